The van der Waals surface area contributed by atoms with Crippen molar-refractivity contribution >= 4 is 0 Å². The quantitative estimate of drug-likeness (QED) is 0.0976. The molecule has 0 atom stereocenters. The molecule has 0 saturated carbocycles. The Labute approximate surface area is 209 Å². The normalized spacial score (nSPS) is 9.10. The van der Waals surface area contributed by atoms with Crippen LogP contribution in [0.4, 0.5) is 0 Å². The first-order valence-corrected chi connectivity index (χ1v) is 12.8. The summed E-state index contributed by atoms with van der Waals surface area (Å²) in [6.45, 7) is 23.9. The Kier molecular flexibility index (Phi) is 71.5. The minimum absolute atomic E-state index is 0. The Balaban J connectivity index is -0.0000000873. The molecule has 0 aromatic carbocycles. The van der Waals surface area contributed by atoms with Crippen LogP contribution in [0, 0.1) is 27.7 Å². The predicted octanol–water partition coefficient (Wildman–Crippen LogP) is 11.2. The Hall–Kier alpha value is 0.870. The fourth-order valence-corrected chi connectivity index (χ4v) is 2.41. The zero-order valence-electron chi connectivity index (χ0n) is 21.5. The molecule has 0 aromatic heterocycles. The van der Waals surface area contributed by atoms with Crippen LogP contribution in [-0.4, -0.2) is 0 Å². The van der Waals surface area contributed by atoms with E-state index in [1.807, 2.05) is 0 Å². The Morgan fingerprint density at radius 2 is 0.483 bits per heavy atom. The van der Waals surface area contributed by atoms with Gasteiger partial charge >= 0.3 is 25.8 Å². The molecule has 0 aliphatic carbocycles. The molecule has 0 unspecified atom stereocenters. The fourth-order valence-electron chi connectivity index (χ4n) is 2.41. The molecule has 0 radical (unpaired) electrons. The largest absolute Gasteiger partial charge is 4.00 e. The third-order valence-electron chi connectivity index (χ3n) is 4.41. The number of hydrogen-bond acceptors (Lipinski definition) is 0. The molecule has 0 amide bonds. The van der Waals surface area contributed by atoms with Crippen LogP contribution in [0.1, 0.15) is 156 Å². The first kappa shape index (κ1) is 40.3. The van der Waals surface area contributed by atoms with Crippen LogP contribution in [0.25, 0.3) is 0 Å². The summed E-state index contributed by atoms with van der Waals surface area (Å²) in [5.41, 5.74) is 0. The Bertz CT molecular complexity index is 123. The minimum Gasteiger partial charge on any atom is -0.343 e. The molecule has 0 nitrogen and oxygen atoms in total. The minimum atomic E-state index is 0. The van der Waals surface area contributed by atoms with Gasteiger partial charge in [0.05, 0.1) is 0 Å². The Morgan fingerprint density at radius 1 is 0.310 bits per heavy atom. The van der Waals surface area contributed by atoms with Crippen molar-refractivity contribution in [3.8, 4) is 0 Å². The van der Waals surface area contributed by atoms with Gasteiger partial charge in [0.2, 0.25) is 0 Å². The maximum atomic E-state index is 3.76. The van der Waals surface area contributed by atoms with Gasteiger partial charge in [0.25, 0.3) is 0 Å². The van der Waals surface area contributed by atoms with Crippen LogP contribution in [0.15, 0.2) is 0 Å². The van der Waals surface area contributed by atoms with Crippen molar-refractivity contribution in [3.05, 3.63) is 27.7 Å². The smallest absolute Gasteiger partial charge is 0.343 e. The molecular weight excluding hydrogens is 515 g/mol. The van der Waals surface area contributed by atoms with E-state index < -0.39 is 0 Å². The van der Waals surface area contributed by atoms with Gasteiger partial charge in [-0.05, 0) is 0 Å². The number of unbranched alkanes of at least 4 members (excludes halogenated alkanes) is 16. The van der Waals surface area contributed by atoms with Crippen LogP contribution in [0.5, 0.6) is 0 Å². The molecule has 0 rings (SSSR count). The van der Waals surface area contributed by atoms with Gasteiger partial charge < -0.3 is 27.7 Å². The van der Waals surface area contributed by atoms with E-state index in [1.165, 1.54) is 103 Å². The average molecular weight is 575 g/mol. The van der Waals surface area contributed by atoms with Gasteiger partial charge in [-0.25, -0.2) is 0 Å². The fraction of sp³-hybridized carbons (Fsp3) is 0.857. The standard InChI is InChI=1S/4C7H15.Hf/c4*1-3-5-7-6-4-2;/h4*1,3-7H2,2H3;/q4*-1;+4. The second-order valence-corrected chi connectivity index (χ2v) is 7.66. The van der Waals surface area contributed by atoms with E-state index in [9.17, 15) is 0 Å². The summed E-state index contributed by atoms with van der Waals surface area (Å²) in [5.74, 6) is 0. The molecule has 0 heterocycles. The van der Waals surface area contributed by atoms with E-state index >= 15 is 0 Å². The first-order chi connectivity index (χ1) is 13.7. The third kappa shape index (κ3) is 73.2. The maximum absolute atomic E-state index is 3.76. The van der Waals surface area contributed by atoms with Gasteiger partial charge in [-0.1, -0.05) is 130 Å². The zero-order valence-corrected chi connectivity index (χ0v) is 25.1. The zero-order chi connectivity index (χ0) is 22.1. The molecule has 0 aromatic rings. The van der Waals surface area contributed by atoms with E-state index in [-0.39, 0.29) is 25.8 Å². The Morgan fingerprint density at radius 3 is 0.586 bits per heavy atom. The molecule has 0 N–H and O–H groups in total. The first-order valence-electron chi connectivity index (χ1n) is 12.8. The summed E-state index contributed by atoms with van der Waals surface area (Å²) in [6.07, 6.45) is 26.1. The summed E-state index contributed by atoms with van der Waals surface area (Å²) in [4.78, 5) is 0. The molecule has 29 heavy (non-hydrogen) atoms. The summed E-state index contributed by atoms with van der Waals surface area (Å²) in [6, 6.07) is 0. The van der Waals surface area contributed by atoms with E-state index in [0.29, 0.717) is 0 Å². The summed E-state index contributed by atoms with van der Waals surface area (Å²) < 4.78 is 0. The van der Waals surface area contributed by atoms with Gasteiger partial charge in [-0.15, -0.1) is 0 Å². The molecular formula is C28H60Hf. The van der Waals surface area contributed by atoms with E-state index in [0.717, 1.165) is 25.7 Å². The number of rotatable bonds is 16. The molecule has 0 saturated heterocycles. The maximum Gasteiger partial charge on any atom is 4.00 e. The van der Waals surface area contributed by atoms with Crippen molar-refractivity contribution in [2.75, 3.05) is 0 Å². The van der Waals surface area contributed by atoms with Crippen LogP contribution in [0.3, 0.4) is 0 Å². The molecule has 176 valence electrons. The van der Waals surface area contributed by atoms with Crippen molar-refractivity contribution in [2.24, 2.45) is 0 Å². The van der Waals surface area contributed by atoms with Crippen LogP contribution in [-0.2, 0) is 25.8 Å². The molecule has 1 heteroatoms. The second kappa shape index (κ2) is 51.5. The summed E-state index contributed by atoms with van der Waals surface area (Å²) >= 11 is 0. The topological polar surface area (TPSA) is 0 Å². The van der Waals surface area contributed by atoms with Crippen LogP contribution >= 0.6 is 0 Å². The third-order valence-corrected chi connectivity index (χ3v) is 4.41. The van der Waals surface area contributed by atoms with Crippen molar-refractivity contribution in [1.29, 1.82) is 0 Å². The summed E-state index contributed by atoms with van der Waals surface area (Å²) in [5, 5.41) is 0. The van der Waals surface area contributed by atoms with Crippen molar-refractivity contribution in [2.45, 2.75) is 156 Å². The molecule has 0 aliphatic heterocycles. The van der Waals surface area contributed by atoms with E-state index in [1.54, 1.807) is 0 Å². The van der Waals surface area contributed by atoms with Gasteiger partial charge in [-0.3, -0.25) is 0 Å². The van der Waals surface area contributed by atoms with Gasteiger partial charge in [0, 0.05) is 0 Å². The van der Waals surface area contributed by atoms with E-state index in [2.05, 4.69) is 55.4 Å². The second-order valence-electron chi connectivity index (χ2n) is 7.66. The van der Waals surface area contributed by atoms with Crippen LogP contribution in [0.2, 0.25) is 0 Å². The number of hydrogen-bond donors (Lipinski definition) is 0. The molecule has 0 fully saturated rings. The van der Waals surface area contributed by atoms with Gasteiger partial charge in [-0.2, -0.15) is 25.7 Å². The predicted molar refractivity (Wildman–Crippen MR) is 136 cm³/mol. The van der Waals surface area contributed by atoms with E-state index in [4.69, 9.17) is 0 Å². The van der Waals surface area contributed by atoms with Crippen molar-refractivity contribution < 1.29 is 25.8 Å². The molecule has 0 spiro atoms. The van der Waals surface area contributed by atoms with Crippen molar-refractivity contribution in [1.82, 2.24) is 0 Å². The molecule has 0 bridgehead atoms. The van der Waals surface area contributed by atoms with Crippen molar-refractivity contribution in [3.63, 3.8) is 0 Å². The van der Waals surface area contributed by atoms with Gasteiger partial charge in [0.15, 0.2) is 0 Å². The van der Waals surface area contributed by atoms with Crippen LogP contribution < -0.4 is 0 Å². The summed E-state index contributed by atoms with van der Waals surface area (Å²) in [7, 11) is 0. The SMILES string of the molecule is [CH2-]CCCCCC.[CH2-]CCCCCC.[CH2-]CCCCCC.[CH2-]CCCCCC.[Hf+4]. The molecule has 0 aliphatic rings. The monoisotopic (exact) mass is 576 g/mol. The van der Waals surface area contributed by atoms with Gasteiger partial charge in [0.1, 0.15) is 0 Å². The average Bonchev–Trinajstić information content (AvgIpc) is 2.71.